The number of anilines is 1. The van der Waals surface area contributed by atoms with Crippen LogP contribution < -0.4 is 10.1 Å². The Morgan fingerprint density at radius 3 is 2.76 bits per heavy atom. The maximum atomic E-state index is 13.5. The number of carbonyl (C=O) groups is 1. The lowest BCUT2D eigenvalue weighted by Gasteiger charge is -2.10. The van der Waals surface area contributed by atoms with E-state index in [-0.39, 0.29) is 12.3 Å². The first-order chi connectivity index (χ1) is 9.95. The summed E-state index contributed by atoms with van der Waals surface area (Å²) in [6.45, 7) is 1.60. The third-order valence-corrected chi connectivity index (χ3v) is 3.20. The monoisotopic (exact) mass is 327 g/mol. The number of hydrogen-bond donors (Lipinski definition) is 1. The Bertz CT molecular complexity index is 677. The number of carbonyl (C=O) groups excluding carboxylic acids is 1. The topological polar surface area (TPSA) is 38.3 Å². The van der Waals surface area contributed by atoms with Crippen LogP contribution in [0.15, 0.2) is 36.4 Å². The smallest absolute Gasteiger partial charge is 0.262 e. The standard InChI is InChI=1S/C15H12Cl2FNO2/c1-9-2-4-11(17)14(6-9)21-8-15(20)19-13-7-10(16)3-5-12(13)18/h2-7H,8H2,1H3,(H,19,20). The molecular weight excluding hydrogens is 316 g/mol. The summed E-state index contributed by atoms with van der Waals surface area (Å²) in [7, 11) is 0. The second kappa shape index (κ2) is 6.78. The van der Waals surface area contributed by atoms with E-state index in [4.69, 9.17) is 27.9 Å². The van der Waals surface area contributed by atoms with Crippen molar-refractivity contribution in [3.8, 4) is 5.75 Å². The zero-order valence-corrected chi connectivity index (χ0v) is 12.6. The van der Waals surface area contributed by atoms with Crippen molar-refractivity contribution in [3.05, 3.63) is 57.8 Å². The van der Waals surface area contributed by atoms with Crippen molar-refractivity contribution >= 4 is 34.8 Å². The van der Waals surface area contributed by atoms with E-state index in [1.54, 1.807) is 12.1 Å². The first-order valence-corrected chi connectivity index (χ1v) is 6.85. The molecule has 0 atom stereocenters. The van der Waals surface area contributed by atoms with Gasteiger partial charge in [0.05, 0.1) is 10.7 Å². The van der Waals surface area contributed by atoms with Gasteiger partial charge >= 0.3 is 0 Å². The molecule has 0 bridgehead atoms. The summed E-state index contributed by atoms with van der Waals surface area (Å²) in [6, 6.07) is 9.13. The Kier molecular flexibility index (Phi) is 5.04. The third-order valence-electron chi connectivity index (χ3n) is 2.65. The Morgan fingerprint density at radius 1 is 1.24 bits per heavy atom. The molecule has 0 saturated heterocycles. The summed E-state index contributed by atoms with van der Waals surface area (Å²) in [5, 5.41) is 3.12. The lowest BCUT2D eigenvalue weighted by molar-refractivity contribution is -0.118. The van der Waals surface area contributed by atoms with Gasteiger partial charge in [0.25, 0.3) is 5.91 Å². The molecule has 110 valence electrons. The van der Waals surface area contributed by atoms with Gasteiger partial charge in [-0.05, 0) is 42.8 Å². The Labute approximate surface area is 131 Å². The highest BCUT2D eigenvalue weighted by Crippen LogP contribution is 2.25. The Balaban J connectivity index is 1.99. The van der Waals surface area contributed by atoms with E-state index in [1.165, 1.54) is 18.2 Å². The van der Waals surface area contributed by atoms with Gasteiger partial charge in [0.15, 0.2) is 6.61 Å². The lowest BCUT2D eigenvalue weighted by Crippen LogP contribution is -2.20. The van der Waals surface area contributed by atoms with Gasteiger partial charge in [-0.15, -0.1) is 0 Å². The molecule has 0 unspecified atom stereocenters. The number of nitrogens with one attached hydrogen (secondary N) is 1. The fraction of sp³-hybridized carbons (Fsp3) is 0.133. The number of amides is 1. The third kappa shape index (κ3) is 4.34. The van der Waals surface area contributed by atoms with Crippen LogP contribution in [0.4, 0.5) is 10.1 Å². The second-order valence-corrected chi connectivity index (χ2v) is 5.24. The summed E-state index contributed by atoms with van der Waals surface area (Å²) in [6.07, 6.45) is 0. The van der Waals surface area contributed by atoms with Crippen LogP contribution in [0.2, 0.25) is 10.0 Å². The molecule has 2 aromatic rings. The van der Waals surface area contributed by atoms with Crippen LogP contribution in [0.5, 0.6) is 5.75 Å². The molecule has 0 aliphatic heterocycles. The van der Waals surface area contributed by atoms with E-state index in [0.29, 0.717) is 15.8 Å². The molecule has 0 spiro atoms. The van der Waals surface area contributed by atoms with Crippen LogP contribution in [0, 0.1) is 12.7 Å². The van der Waals surface area contributed by atoms with Crippen molar-refractivity contribution in [1.29, 1.82) is 0 Å². The highest BCUT2D eigenvalue weighted by atomic mass is 35.5. The average Bonchev–Trinajstić information content (AvgIpc) is 2.44. The van der Waals surface area contributed by atoms with Crippen molar-refractivity contribution < 1.29 is 13.9 Å². The van der Waals surface area contributed by atoms with Crippen molar-refractivity contribution in [2.75, 3.05) is 11.9 Å². The number of halogens is 3. The van der Waals surface area contributed by atoms with Crippen LogP contribution in [-0.2, 0) is 4.79 Å². The molecule has 1 amide bonds. The Hall–Kier alpha value is -1.78. The number of rotatable bonds is 4. The van der Waals surface area contributed by atoms with Crippen molar-refractivity contribution in [2.24, 2.45) is 0 Å². The Morgan fingerprint density at radius 2 is 2.00 bits per heavy atom. The van der Waals surface area contributed by atoms with E-state index < -0.39 is 11.7 Å². The van der Waals surface area contributed by atoms with E-state index in [0.717, 1.165) is 5.56 Å². The van der Waals surface area contributed by atoms with Gasteiger partial charge in [0.1, 0.15) is 11.6 Å². The molecule has 21 heavy (non-hydrogen) atoms. The lowest BCUT2D eigenvalue weighted by atomic mass is 10.2. The molecule has 1 N–H and O–H groups in total. The maximum absolute atomic E-state index is 13.5. The summed E-state index contributed by atoms with van der Waals surface area (Å²) in [5.74, 6) is -0.673. The van der Waals surface area contributed by atoms with Crippen LogP contribution >= 0.6 is 23.2 Å². The van der Waals surface area contributed by atoms with Crippen LogP contribution in [0.3, 0.4) is 0 Å². The summed E-state index contributed by atoms with van der Waals surface area (Å²) >= 11 is 11.7. The summed E-state index contributed by atoms with van der Waals surface area (Å²) < 4.78 is 18.8. The minimum absolute atomic E-state index is 0.00596. The molecule has 2 aromatic carbocycles. The van der Waals surface area contributed by atoms with Gasteiger partial charge < -0.3 is 10.1 Å². The highest BCUT2D eigenvalue weighted by molar-refractivity contribution is 6.32. The molecule has 0 saturated carbocycles. The molecule has 0 aromatic heterocycles. The minimum Gasteiger partial charge on any atom is -0.482 e. The highest BCUT2D eigenvalue weighted by Gasteiger charge is 2.10. The molecule has 6 heteroatoms. The van der Waals surface area contributed by atoms with Crippen molar-refractivity contribution in [1.82, 2.24) is 0 Å². The van der Waals surface area contributed by atoms with Gasteiger partial charge in [-0.3, -0.25) is 4.79 Å². The molecule has 0 aliphatic rings. The van der Waals surface area contributed by atoms with Crippen LogP contribution in [0.1, 0.15) is 5.56 Å². The van der Waals surface area contributed by atoms with Gasteiger partial charge in [-0.1, -0.05) is 29.3 Å². The van der Waals surface area contributed by atoms with Crippen molar-refractivity contribution in [3.63, 3.8) is 0 Å². The first-order valence-electron chi connectivity index (χ1n) is 6.09. The number of ether oxygens (including phenoxy) is 1. The molecule has 3 nitrogen and oxygen atoms in total. The van der Waals surface area contributed by atoms with Gasteiger partial charge in [0.2, 0.25) is 0 Å². The fourth-order valence-electron chi connectivity index (χ4n) is 1.64. The normalized spacial score (nSPS) is 10.3. The number of aryl methyl sites for hydroxylation is 1. The summed E-state index contributed by atoms with van der Waals surface area (Å²) in [4.78, 5) is 11.8. The van der Waals surface area contributed by atoms with E-state index in [2.05, 4.69) is 5.32 Å². The number of benzene rings is 2. The first kappa shape index (κ1) is 15.6. The predicted molar refractivity (Wildman–Crippen MR) is 81.7 cm³/mol. The molecular formula is C15H12Cl2FNO2. The zero-order chi connectivity index (χ0) is 15.4. The quantitative estimate of drug-likeness (QED) is 0.900. The largest absolute Gasteiger partial charge is 0.482 e. The van der Waals surface area contributed by atoms with E-state index in [1.807, 2.05) is 13.0 Å². The SMILES string of the molecule is Cc1ccc(Cl)c(OCC(=O)Nc2cc(Cl)ccc2F)c1. The predicted octanol–water partition coefficient (Wildman–Crippen LogP) is 4.46. The van der Waals surface area contributed by atoms with Crippen molar-refractivity contribution in [2.45, 2.75) is 6.92 Å². The molecule has 0 fully saturated rings. The van der Waals surface area contributed by atoms with Gasteiger partial charge in [0, 0.05) is 5.02 Å². The van der Waals surface area contributed by atoms with Gasteiger partial charge in [-0.25, -0.2) is 4.39 Å². The molecule has 0 aliphatic carbocycles. The fourth-order valence-corrected chi connectivity index (χ4v) is 1.99. The van der Waals surface area contributed by atoms with E-state index >= 15 is 0 Å². The maximum Gasteiger partial charge on any atom is 0.262 e. The van der Waals surface area contributed by atoms with Crippen LogP contribution in [0.25, 0.3) is 0 Å². The average molecular weight is 328 g/mol. The molecule has 2 rings (SSSR count). The summed E-state index contributed by atoms with van der Waals surface area (Å²) in [5.41, 5.74) is 0.960. The van der Waals surface area contributed by atoms with E-state index in [9.17, 15) is 9.18 Å². The molecule has 0 radical (unpaired) electrons. The number of hydrogen-bond acceptors (Lipinski definition) is 2. The van der Waals surface area contributed by atoms with Gasteiger partial charge in [-0.2, -0.15) is 0 Å². The second-order valence-electron chi connectivity index (χ2n) is 4.39. The molecule has 0 heterocycles. The van der Waals surface area contributed by atoms with Crippen LogP contribution in [-0.4, -0.2) is 12.5 Å². The minimum atomic E-state index is -0.568. The zero-order valence-electron chi connectivity index (χ0n) is 11.1.